The summed E-state index contributed by atoms with van der Waals surface area (Å²) in [5.74, 6) is 0. The lowest BCUT2D eigenvalue weighted by Crippen LogP contribution is -2.37. The summed E-state index contributed by atoms with van der Waals surface area (Å²) >= 11 is 12.1. The third kappa shape index (κ3) is 2.96. The number of nitrogens with two attached hydrogens (primary N) is 1. The molecule has 0 saturated carbocycles. The van der Waals surface area contributed by atoms with E-state index >= 15 is 0 Å². The molecule has 1 unspecified atom stereocenters. The number of halogens is 2. The molecule has 1 saturated heterocycles. The van der Waals surface area contributed by atoms with Gasteiger partial charge in [-0.1, -0.05) is 23.2 Å². The Balaban J connectivity index is 2.08. The van der Waals surface area contributed by atoms with Crippen molar-refractivity contribution in [1.29, 1.82) is 0 Å². The van der Waals surface area contributed by atoms with E-state index in [0.29, 0.717) is 47.6 Å². The minimum atomic E-state index is -0.853. The van der Waals surface area contributed by atoms with E-state index in [4.69, 9.17) is 33.7 Å². The molecule has 1 aromatic rings. The van der Waals surface area contributed by atoms with Crippen LogP contribution in [0.15, 0.2) is 12.1 Å². The highest BCUT2D eigenvalue weighted by atomic mass is 35.5. The highest BCUT2D eigenvalue weighted by Crippen LogP contribution is 2.33. The number of hydrogen-bond acceptors (Lipinski definition) is 4. The van der Waals surface area contributed by atoms with E-state index in [1.54, 1.807) is 12.1 Å². The van der Waals surface area contributed by atoms with Gasteiger partial charge in [-0.3, -0.25) is 0 Å². The van der Waals surface area contributed by atoms with Gasteiger partial charge in [-0.15, -0.1) is 0 Å². The van der Waals surface area contributed by atoms with Gasteiger partial charge < -0.3 is 20.9 Å². The monoisotopic (exact) mass is 276 g/mol. The zero-order chi connectivity index (χ0) is 12.5. The molecule has 0 aromatic heterocycles. The van der Waals surface area contributed by atoms with Crippen LogP contribution in [0.5, 0.6) is 0 Å². The molecule has 2 rings (SSSR count). The molecule has 1 atom stereocenters. The average Bonchev–Trinajstić information content (AvgIpc) is 2.64. The minimum Gasteiger partial charge on any atom is -0.399 e. The van der Waals surface area contributed by atoms with Crippen LogP contribution in [-0.2, 0) is 4.74 Å². The quantitative estimate of drug-likeness (QED) is 0.740. The van der Waals surface area contributed by atoms with E-state index in [-0.39, 0.29) is 0 Å². The fourth-order valence-electron chi connectivity index (χ4n) is 1.75. The Labute approximate surface area is 110 Å². The molecule has 1 fully saturated rings. The Hall–Kier alpha value is -0.680. The topological polar surface area (TPSA) is 67.5 Å². The van der Waals surface area contributed by atoms with Crippen LogP contribution in [0.1, 0.15) is 6.42 Å². The first-order valence-corrected chi connectivity index (χ1v) is 6.04. The molecule has 0 bridgehead atoms. The molecule has 4 nitrogen and oxygen atoms in total. The average molecular weight is 277 g/mol. The molecule has 0 spiro atoms. The van der Waals surface area contributed by atoms with Crippen LogP contribution in [-0.4, -0.2) is 30.5 Å². The number of hydrogen-bond donors (Lipinski definition) is 3. The van der Waals surface area contributed by atoms with Gasteiger partial charge in [0.1, 0.15) is 5.60 Å². The van der Waals surface area contributed by atoms with Gasteiger partial charge >= 0.3 is 0 Å². The van der Waals surface area contributed by atoms with Gasteiger partial charge in [-0.2, -0.15) is 0 Å². The molecular weight excluding hydrogens is 263 g/mol. The summed E-state index contributed by atoms with van der Waals surface area (Å²) in [7, 11) is 0. The van der Waals surface area contributed by atoms with Crippen molar-refractivity contribution in [1.82, 2.24) is 0 Å². The van der Waals surface area contributed by atoms with E-state index in [1.807, 2.05) is 0 Å². The maximum Gasteiger partial charge on any atom is 0.107 e. The van der Waals surface area contributed by atoms with Crippen LogP contribution in [0, 0.1) is 0 Å². The highest BCUT2D eigenvalue weighted by Gasteiger charge is 2.32. The summed E-state index contributed by atoms with van der Waals surface area (Å²) in [6.45, 7) is 1.24. The van der Waals surface area contributed by atoms with Crippen molar-refractivity contribution in [3.05, 3.63) is 22.2 Å². The zero-order valence-corrected chi connectivity index (χ0v) is 10.7. The Kier molecular flexibility index (Phi) is 3.68. The van der Waals surface area contributed by atoms with Crippen LogP contribution in [0.25, 0.3) is 0 Å². The van der Waals surface area contributed by atoms with Gasteiger partial charge in [0.25, 0.3) is 0 Å². The highest BCUT2D eigenvalue weighted by molar-refractivity contribution is 6.39. The molecule has 0 aliphatic carbocycles. The molecule has 1 aliphatic heterocycles. The maximum absolute atomic E-state index is 10.1. The smallest absolute Gasteiger partial charge is 0.107 e. The minimum absolute atomic E-state index is 0.324. The summed E-state index contributed by atoms with van der Waals surface area (Å²) in [5, 5.41) is 14.0. The number of nitrogens with one attached hydrogen (secondary N) is 1. The fourth-order valence-corrected chi connectivity index (χ4v) is 2.39. The summed E-state index contributed by atoms with van der Waals surface area (Å²) in [4.78, 5) is 0. The number of aliphatic hydroxyl groups is 1. The predicted octanol–water partition coefficient (Wildman–Crippen LogP) is 2.14. The van der Waals surface area contributed by atoms with Crippen molar-refractivity contribution >= 4 is 34.6 Å². The standard InChI is InChI=1S/C11H14Cl2N2O2/c12-8-3-7(14)4-9(13)10(8)15-5-11(16)1-2-17-6-11/h3-4,15-16H,1-2,5-6,14H2. The second kappa shape index (κ2) is 4.90. The third-order valence-corrected chi connectivity index (χ3v) is 3.34. The van der Waals surface area contributed by atoms with Crippen molar-refractivity contribution in [3.8, 4) is 0 Å². The third-order valence-electron chi connectivity index (χ3n) is 2.74. The molecule has 0 radical (unpaired) electrons. The largest absolute Gasteiger partial charge is 0.399 e. The molecule has 4 N–H and O–H groups in total. The lowest BCUT2D eigenvalue weighted by atomic mass is 10.0. The van der Waals surface area contributed by atoms with Crippen LogP contribution in [0.4, 0.5) is 11.4 Å². The number of anilines is 2. The number of benzene rings is 1. The van der Waals surface area contributed by atoms with E-state index in [1.165, 1.54) is 0 Å². The van der Waals surface area contributed by atoms with Crippen molar-refractivity contribution in [2.24, 2.45) is 0 Å². The second-order valence-corrected chi connectivity index (χ2v) is 5.05. The first-order valence-electron chi connectivity index (χ1n) is 5.29. The molecule has 1 aromatic carbocycles. The summed E-state index contributed by atoms with van der Waals surface area (Å²) < 4.78 is 5.15. The Morgan fingerprint density at radius 2 is 2.06 bits per heavy atom. The van der Waals surface area contributed by atoms with Gasteiger partial charge in [0.05, 0.1) is 22.3 Å². The Bertz CT molecular complexity index is 397. The first kappa shape index (κ1) is 12.8. The summed E-state index contributed by atoms with van der Waals surface area (Å²) in [5.41, 5.74) is 5.85. The van der Waals surface area contributed by atoms with Gasteiger partial charge in [0.15, 0.2) is 0 Å². The van der Waals surface area contributed by atoms with Crippen molar-refractivity contribution < 1.29 is 9.84 Å². The van der Waals surface area contributed by atoms with Gasteiger partial charge in [0, 0.05) is 25.3 Å². The second-order valence-electron chi connectivity index (χ2n) is 4.24. The van der Waals surface area contributed by atoms with Crippen molar-refractivity contribution in [2.45, 2.75) is 12.0 Å². The Morgan fingerprint density at radius 1 is 1.41 bits per heavy atom. The predicted molar refractivity (Wildman–Crippen MR) is 69.7 cm³/mol. The SMILES string of the molecule is Nc1cc(Cl)c(NCC2(O)CCOC2)c(Cl)c1. The van der Waals surface area contributed by atoms with Gasteiger partial charge in [0.2, 0.25) is 0 Å². The molecule has 1 aliphatic rings. The summed E-state index contributed by atoms with van der Waals surface area (Å²) in [6, 6.07) is 3.23. The normalized spacial score (nSPS) is 23.9. The molecule has 17 heavy (non-hydrogen) atoms. The molecule has 94 valence electrons. The van der Waals surface area contributed by atoms with Crippen LogP contribution >= 0.6 is 23.2 Å². The lowest BCUT2D eigenvalue weighted by Gasteiger charge is -2.22. The van der Waals surface area contributed by atoms with Crippen molar-refractivity contribution in [2.75, 3.05) is 30.8 Å². The maximum atomic E-state index is 10.1. The number of rotatable bonds is 3. The Morgan fingerprint density at radius 3 is 2.59 bits per heavy atom. The van der Waals surface area contributed by atoms with Crippen LogP contribution < -0.4 is 11.1 Å². The van der Waals surface area contributed by atoms with Gasteiger partial charge in [-0.25, -0.2) is 0 Å². The number of nitrogen functional groups attached to an aromatic ring is 1. The number of ether oxygens (including phenoxy) is 1. The zero-order valence-electron chi connectivity index (χ0n) is 9.17. The van der Waals surface area contributed by atoms with E-state index in [9.17, 15) is 5.11 Å². The van der Waals surface area contributed by atoms with Crippen LogP contribution in [0.3, 0.4) is 0 Å². The lowest BCUT2D eigenvalue weighted by molar-refractivity contribution is 0.0382. The molecule has 1 heterocycles. The molecular formula is C11H14Cl2N2O2. The van der Waals surface area contributed by atoms with Crippen LogP contribution in [0.2, 0.25) is 10.0 Å². The molecule has 6 heteroatoms. The van der Waals surface area contributed by atoms with Crippen molar-refractivity contribution in [3.63, 3.8) is 0 Å². The van der Waals surface area contributed by atoms with Gasteiger partial charge in [-0.05, 0) is 12.1 Å². The molecule has 0 amide bonds. The summed E-state index contributed by atoms with van der Waals surface area (Å²) in [6.07, 6.45) is 0.601. The fraction of sp³-hybridized carbons (Fsp3) is 0.455. The first-order chi connectivity index (χ1) is 8.00. The van der Waals surface area contributed by atoms with E-state index in [0.717, 1.165) is 0 Å². The van der Waals surface area contributed by atoms with E-state index in [2.05, 4.69) is 5.32 Å². The van der Waals surface area contributed by atoms with E-state index < -0.39 is 5.60 Å².